The lowest BCUT2D eigenvalue weighted by atomic mass is 9.82. The van der Waals surface area contributed by atoms with Crippen molar-refractivity contribution in [2.75, 3.05) is 5.32 Å². The van der Waals surface area contributed by atoms with Gasteiger partial charge >= 0.3 is 5.97 Å². The van der Waals surface area contributed by atoms with Crippen molar-refractivity contribution in [3.8, 4) is 11.3 Å². The molecule has 4 atom stereocenters. The second-order valence-corrected chi connectivity index (χ2v) is 9.23. The number of carboxylic acids is 1. The lowest BCUT2D eigenvalue weighted by Gasteiger charge is -2.23. The van der Waals surface area contributed by atoms with Crippen LogP contribution in [0.2, 0.25) is 0 Å². The highest BCUT2D eigenvalue weighted by atomic mass is 32.1. The molecule has 2 aliphatic rings. The molecule has 1 heterocycles. The zero-order valence-corrected chi connectivity index (χ0v) is 17.0. The maximum absolute atomic E-state index is 12.9. The SMILES string of the molecule is Cc1sc(NC(=O)[C@@H]2[C@H](C(=O)O)[C@H]3C=C[C@H]2C3)nc1-c1ccc(C(C)C)cc1. The minimum Gasteiger partial charge on any atom is -0.481 e. The molecular weight excluding hydrogens is 372 g/mol. The Morgan fingerprint density at radius 2 is 1.79 bits per heavy atom. The van der Waals surface area contributed by atoms with Crippen LogP contribution in [-0.4, -0.2) is 22.0 Å². The molecule has 1 aromatic carbocycles. The molecular formula is C22H24N2O3S. The van der Waals surface area contributed by atoms with E-state index in [0.29, 0.717) is 11.0 Å². The van der Waals surface area contributed by atoms with E-state index in [1.54, 1.807) is 0 Å². The van der Waals surface area contributed by atoms with Gasteiger partial charge in [-0.1, -0.05) is 50.3 Å². The Morgan fingerprint density at radius 1 is 1.14 bits per heavy atom. The third kappa shape index (κ3) is 3.26. The molecule has 0 spiro atoms. The molecule has 1 saturated carbocycles. The molecule has 146 valence electrons. The molecule has 0 aliphatic heterocycles. The van der Waals surface area contributed by atoms with Crippen LogP contribution in [0.15, 0.2) is 36.4 Å². The fraction of sp³-hybridized carbons (Fsp3) is 0.409. The van der Waals surface area contributed by atoms with Crippen LogP contribution in [0.3, 0.4) is 0 Å². The molecule has 4 rings (SSSR count). The van der Waals surface area contributed by atoms with Gasteiger partial charge < -0.3 is 10.4 Å². The van der Waals surface area contributed by atoms with Crippen LogP contribution in [0.5, 0.6) is 0 Å². The monoisotopic (exact) mass is 396 g/mol. The number of allylic oxidation sites excluding steroid dienone is 2. The normalized spacial score (nSPS) is 25.4. The lowest BCUT2D eigenvalue weighted by molar-refractivity contribution is -0.146. The molecule has 1 aromatic heterocycles. The predicted molar refractivity (Wildman–Crippen MR) is 110 cm³/mol. The summed E-state index contributed by atoms with van der Waals surface area (Å²) in [5.74, 6) is -1.84. The number of anilines is 1. The molecule has 0 unspecified atom stereocenters. The number of thiazole rings is 1. The molecule has 1 amide bonds. The van der Waals surface area contributed by atoms with Crippen molar-refractivity contribution in [2.24, 2.45) is 23.7 Å². The Morgan fingerprint density at radius 3 is 2.39 bits per heavy atom. The zero-order chi connectivity index (χ0) is 20.0. The van der Waals surface area contributed by atoms with Crippen molar-refractivity contribution in [1.29, 1.82) is 0 Å². The van der Waals surface area contributed by atoms with Crippen molar-refractivity contribution in [2.45, 2.75) is 33.1 Å². The molecule has 2 bridgehead atoms. The largest absolute Gasteiger partial charge is 0.481 e. The summed E-state index contributed by atoms with van der Waals surface area (Å²) in [6, 6.07) is 8.33. The van der Waals surface area contributed by atoms with Gasteiger partial charge in [-0.3, -0.25) is 9.59 Å². The summed E-state index contributed by atoms with van der Waals surface area (Å²) >= 11 is 1.43. The third-order valence-corrected chi connectivity index (χ3v) is 6.81. The van der Waals surface area contributed by atoms with Gasteiger partial charge in [-0.15, -0.1) is 11.3 Å². The summed E-state index contributed by atoms with van der Waals surface area (Å²) in [6.07, 6.45) is 4.68. The summed E-state index contributed by atoms with van der Waals surface area (Å²) in [5, 5.41) is 13.0. The van der Waals surface area contributed by atoms with Gasteiger partial charge in [0.25, 0.3) is 0 Å². The molecule has 1 fully saturated rings. The number of aryl methyl sites for hydroxylation is 1. The number of rotatable bonds is 5. The minimum absolute atomic E-state index is 0.00945. The van der Waals surface area contributed by atoms with Crippen molar-refractivity contribution >= 4 is 28.3 Å². The van der Waals surface area contributed by atoms with E-state index in [9.17, 15) is 14.7 Å². The highest BCUT2D eigenvalue weighted by Crippen LogP contribution is 2.48. The number of aliphatic carboxylic acids is 1. The first-order valence-electron chi connectivity index (χ1n) is 9.65. The molecule has 2 aromatic rings. The van der Waals surface area contributed by atoms with Gasteiger partial charge in [-0.2, -0.15) is 0 Å². The smallest absolute Gasteiger partial charge is 0.307 e. The van der Waals surface area contributed by atoms with Gasteiger partial charge in [0.1, 0.15) is 0 Å². The number of carboxylic acid groups (broad SMARTS) is 1. The first kappa shape index (κ1) is 18.9. The van der Waals surface area contributed by atoms with Crippen LogP contribution in [-0.2, 0) is 9.59 Å². The fourth-order valence-corrected chi connectivity index (χ4v) is 5.29. The summed E-state index contributed by atoms with van der Waals surface area (Å²) in [4.78, 5) is 30.1. The number of carbonyl (C=O) groups is 2. The van der Waals surface area contributed by atoms with Gasteiger partial charge in [0, 0.05) is 10.4 Å². The number of nitrogens with zero attached hydrogens (tertiary/aromatic N) is 1. The average Bonchev–Trinajstić information content (AvgIpc) is 3.35. The molecule has 5 nitrogen and oxygen atoms in total. The van der Waals surface area contributed by atoms with Crippen LogP contribution in [0, 0.1) is 30.6 Å². The first-order valence-corrected chi connectivity index (χ1v) is 10.5. The topological polar surface area (TPSA) is 79.3 Å². The Labute approximate surface area is 168 Å². The summed E-state index contributed by atoms with van der Waals surface area (Å²) < 4.78 is 0. The molecule has 2 N–H and O–H groups in total. The second-order valence-electron chi connectivity index (χ2n) is 8.03. The number of hydrogen-bond donors (Lipinski definition) is 2. The van der Waals surface area contributed by atoms with Crippen molar-refractivity contribution < 1.29 is 14.7 Å². The van der Waals surface area contributed by atoms with Crippen molar-refractivity contribution in [1.82, 2.24) is 4.98 Å². The first-order chi connectivity index (χ1) is 13.3. The second kappa shape index (κ2) is 7.17. The predicted octanol–water partition coefficient (Wildman–Crippen LogP) is 4.70. The number of nitrogens with one attached hydrogen (secondary N) is 1. The zero-order valence-electron chi connectivity index (χ0n) is 16.2. The number of fused-ring (bicyclic) bond motifs is 2. The highest BCUT2D eigenvalue weighted by Gasteiger charge is 2.51. The Bertz CT molecular complexity index is 945. The minimum atomic E-state index is -0.891. The van der Waals surface area contributed by atoms with E-state index in [-0.39, 0.29) is 17.7 Å². The van der Waals surface area contributed by atoms with E-state index in [1.165, 1.54) is 16.9 Å². The average molecular weight is 397 g/mol. The van der Waals surface area contributed by atoms with Gasteiger partial charge in [-0.25, -0.2) is 4.98 Å². The summed E-state index contributed by atoms with van der Waals surface area (Å²) in [5.41, 5.74) is 3.15. The fourth-order valence-electron chi connectivity index (χ4n) is 4.45. The van der Waals surface area contributed by atoms with Crippen molar-refractivity contribution in [3.05, 3.63) is 46.9 Å². The lowest BCUT2D eigenvalue weighted by Crippen LogP contribution is -2.36. The van der Waals surface area contributed by atoms with Crippen molar-refractivity contribution in [3.63, 3.8) is 0 Å². The number of aromatic nitrogens is 1. The van der Waals surface area contributed by atoms with Gasteiger partial charge in [0.05, 0.1) is 17.5 Å². The van der Waals surface area contributed by atoms with Crippen LogP contribution in [0.1, 0.15) is 36.6 Å². The standard InChI is InChI=1S/C22H24N2O3S/c1-11(2)13-4-6-14(7-5-13)19-12(3)28-22(23-19)24-20(25)17-15-8-9-16(10-15)18(17)21(26)27/h4-9,11,15-18H,10H2,1-3H3,(H,26,27)(H,23,24,25)/t15-,16-,17-,18+/m0/s1. The summed E-state index contributed by atoms with van der Waals surface area (Å²) in [6.45, 7) is 6.30. The van der Waals surface area contributed by atoms with E-state index < -0.39 is 17.8 Å². The van der Waals surface area contributed by atoms with E-state index in [0.717, 1.165) is 22.6 Å². The Balaban J connectivity index is 1.53. The van der Waals surface area contributed by atoms with Gasteiger partial charge in [-0.05, 0) is 36.7 Å². The summed E-state index contributed by atoms with van der Waals surface area (Å²) in [7, 11) is 0. The number of benzene rings is 1. The van der Waals surface area contributed by atoms with E-state index in [4.69, 9.17) is 0 Å². The van der Waals surface area contributed by atoms with Crippen LogP contribution < -0.4 is 5.32 Å². The Hall–Kier alpha value is -2.47. The third-order valence-electron chi connectivity index (χ3n) is 5.92. The maximum atomic E-state index is 12.9. The van der Waals surface area contributed by atoms with Crippen LogP contribution >= 0.6 is 11.3 Å². The quantitative estimate of drug-likeness (QED) is 0.718. The molecule has 0 saturated heterocycles. The van der Waals surface area contributed by atoms with Crippen LogP contribution in [0.4, 0.5) is 5.13 Å². The highest BCUT2D eigenvalue weighted by molar-refractivity contribution is 7.16. The molecule has 6 heteroatoms. The molecule has 0 radical (unpaired) electrons. The number of amides is 1. The van der Waals surface area contributed by atoms with Gasteiger partial charge in [0.15, 0.2) is 5.13 Å². The Kier molecular flexibility index (Phi) is 4.83. The van der Waals surface area contributed by atoms with E-state index in [2.05, 4.69) is 48.4 Å². The van der Waals surface area contributed by atoms with E-state index >= 15 is 0 Å². The molecule has 28 heavy (non-hydrogen) atoms. The number of carbonyl (C=O) groups excluding carboxylic acids is 1. The van der Waals surface area contributed by atoms with E-state index in [1.807, 2.05) is 19.1 Å². The number of hydrogen-bond acceptors (Lipinski definition) is 4. The molecule has 2 aliphatic carbocycles. The van der Waals surface area contributed by atoms with Gasteiger partial charge in [0.2, 0.25) is 5.91 Å². The van der Waals surface area contributed by atoms with Crippen LogP contribution in [0.25, 0.3) is 11.3 Å². The maximum Gasteiger partial charge on any atom is 0.307 e.